The number of benzene rings is 1. The topological polar surface area (TPSA) is 77.2 Å². The van der Waals surface area contributed by atoms with Crippen LogP contribution in [-0.2, 0) is 9.84 Å². The minimum Gasteiger partial charge on any atom is -0.399 e. The fourth-order valence-corrected chi connectivity index (χ4v) is 3.81. The van der Waals surface area contributed by atoms with Gasteiger partial charge in [-0.05, 0) is 30.7 Å². The van der Waals surface area contributed by atoms with Crippen molar-refractivity contribution < 1.29 is 13.2 Å². The van der Waals surface area contributed by atoms with E-state index in [0.29, 0.717) is 11.3 Å². The van der Waals surface area contributed by atoms with Crippen LogP contribution in [0.4, 0.5) is 5.69 Å². The molecule has 0 heterocycles. The SMILES string of the molecule is CCC(Br)(C(=O)c1ccc(N)cc1)S(=O)(=O)CC. The summed E-state index contributed by atoms with van der Waals surface area (Å²) < 4.78 is 22.5. The quantitative estimate of drug-likeness (QED) is 0.509. The lowest BCUT2D eigenvalue weighted by atomic mass is 10.1. The number of hydrogen-bond acceptors (Lipinski definition) is 4. The van der Waals surface area contributed by atoms with Crippen LogP contribution in [0.5, 0.6) is 0 Å². The van der Waals surface area contributed by atoms with Crippen molar-refractivity contribution in [3.05, 3.63) is 29.8 Å². The Balaban J connectivity index is 3.26. The molecule has 0 aliphatic heterocycles. The van der Waals surface area contributed by atoms with Crippen molar-refractivity contribution in [1.29, 1.82) is 0 Å². The molecule has 1 aromatic rings. The number of halogens is 1. The third kappa shape index (κ3) is 2.59. The highest BCUT2D eigenvalue weighted by molar-refractivity contribution is 9.12. The number of anilines is 1. The molecule has 0 amide bonds. The number of alkyl halides is 1. The molecule has 18 heavy (non-hydrogen) atoms. The summed E-state index contributed by atoms with van der Waals surface area (Å²) in [7, 11) is -3.53. The Kier molecular flexibility index (Phi) is 4.55. The van der Waals surface area contributed by atoms with Crippen molar-refractivity contribution >= 4 is 37.2 Å². The largest absolute Gasteiger partial charge is 0.399 e. The van der Waals surface area contributed by atoms with Crippen LogP contribution >= 0.6 is 15.9 Å². The normalized spacial score (nSPS) is 15.1. The van der Waals surface area contributed by atoms with Crippen molar-refractivity contribution in [2.24, 2.45) is 0 Å². The van der Waals surface area contributed by atoms with Crippen molar-refractivity contribution in [2.45, 2.75) is 23.9 Å². The highest BCUT2D eigenvalue weighted by atomic mass is 79.9. The zero-order valence-electron chi connectivity index (χ0n) is 10.3. The molecule has 1 aromatic carbocycles. The summed E-state index contributed by atoms with van der Waals surface area (Å²) >= 11 is 3.12. The Morgan fingerprint density at radius 2 is 1.78 bits per heavy atom. The van der Waals surface area contributed by atoms with Gasteiger partial charge in [-0.15, -0.1) is 0 Å². The van der Waals surface area contributed by atoms with Crippen LogP contribution in [0.25, 0.3) is 0 Å². The highest BCUT2D eigenvalue weighted by Gasteiger charge is 2.45. The molecule has 0 spiro atoms. The predicted octanol–water partition coefficient (Wildman–Crippen LogP) is 2.39. The van der Waals surface area contributed by atoms with Gasteiger partial charge in [0.15, 0.2) is 19.3 Å². The summed E-state index contributed by atoms with van der Waals surface area (Å²) in [4.78, 5) is 12.3. The van der Waals surface area contributed by atoms with Crippen LogP contribution in [0.2, 0.25) is 0 Å². The summed E-state index contributed by atoms with van der Waals surface area (Å²) in [5.74, 6) is -0.542. The minimum atomic E-state index is -3.53. The molecule has 0 aromatic heterocycles. The van der Waals surface area contributed by atoms with Gasteiger partial charge in [-0.1, -0.05) is 29.8 Å². The predicted molar refractivity (Wildman–Crippen MR) is 76.6 cm³/mol. The first-order chi connectivity index (χ1) is 8.28. The number of carbonyl (C=O) groups excluding carboxylic acids is 1. The van der Waals surface area contributed by atoms with Crippen molar-refractivity contribution in [2.75, 3.05) is 11.5 Å². The van der Waals surface area contributed by atoms with Gasteiger partial charge in [-0.3, -0.25) is 4.79 Å². The summed E-state index contributed by atoms with van der Waals surface area (Å²) in [5.41, 5.74) is 6.40. The van der Waals surface area contributed by atoms with Gasteiger partial charge >= 0.3 is 0 Å². The Hall–Kier alpha value is -0.880. The first kappa shape index (κ1) is 15.2. The number of ketones is 1. The number of sulfone groups is 1. The number of carbonyl (C=O) groups is 1. The molecule has 0 radical (unpaired) electrons. The van der Waals surface area contributed by atoms with E-state index < -0.39 is 19.3 Å². The zero-order chi connectivity index (χ0) is 14.0. The molecule has 4 nitrogen and oxygen atoms in total. The lowest BCUT2D eigenvalue weighted by molar-refractivity contribution is 0.0976. The highest BCUT2D eigenvalue weighted by Crippen LogP contribution is 2.34. The number of nitrogens with two attached hydrogens (primary N) is 1. The smallest absolute Gasteiger partial charge is 0.194 e. The summed E-state index contributed by atoms with van der Waals surface area (Å²) in [6.07, 6.45) is 0.173. The van der Waals surface area contributed by atoms with Gasteiger partial charge in [0.05, 0.1) is 0 Å². The second kappa shape index (κ2) is 5.40. The van der Waals surface area contributed by atoms with Gasteiger partial charge in [0.1, 0.15) is 0 Å². The van der Waals surface area contributed by atoms with E-state index in [-0.39, 0.29) is 12.2 Å². The Labute approximate surface area is 116 Å². The lowest BCUT2D eigenvalue weighted by Crippen LogP contribution is -2.41. The molecule has 0 bridgehead atoms. The van der Waals surface area contributed by atoms with Crippen LogP contribution in [0, 0.1) is 0 Å². The molecule has 100 valence electrons. The van der Waals surface area contributed by atoms with E-state index in [0.717, 1.165) is 0 Å². The van der Waals surface area contributed by atoms with Gasteiger partial charge in [0.2, 0.25) is 0 Å². The third-order valence-electron chi connectivity index (χ3n) is 2.84. The van der Waals surface area contributed by atoms with Crippen LogP contribution in [-0.4, -0.2) is 23.6 Å². The molecule has 2 N–H and O–H groups in total. The van der Waals surface area contributed by atoms with E-state index in [2.05, 4.69) is 15.9 Å². The Morgan fingerprint density at radius 1 is 1.28 bits per heavy atom. The van der Waals surface area contributed by atoms with Gasteiger partial charge in [-0.2, -0.15) is 0 Å². The molecule has 0 aliphatic rings. The van der Waals surface area contributed by atoms with E-state index in [9.17, 15) is 13.2 Å². The third-order valence-corrected chi connectivity index (χ3v) is 7.46. The van der Waals surface area contributed by atoms with Crippen LogP contribution < -0.4 is 5.73 Å². The average Bonchev–Trinajstić information content (AvgIpc) is 2.37. The van der Waals surface area contributed by atoms with E-state index >= 15 is 0 Å². The van der Waals surface area contributed by atoms with Gasteiger partial charge in [0.25, 0.3) is 0 Å². The second-order valence-corrected chi connectivity index (χ2v) is 8.32. The van der Waals surface area contributed by atoms with Gasteiger partial charge < -0.3 is 5.73 Å². The summed E-state index contributed by atoms with van der Waals surface area (Å²) in [5, 5.41) is 0. The molecule has 0 aliphatic carbocycles. The first-order valence-electron chi connectivity index (χ1n) is 5.60. The molecule has 1 unspecified atom stereocenters. The zero-order valence-corrected chi connectivity index (χ0v) is 12.7. The number of nitrogen functional groups attached to an aromatic ring is 1. The molecule has 0 saturated heterocycles. The van der Waals surface area contributed by atoms with Crippen LogP contribution in [0.15, 0.2) is 24.3 Å². The fourth-order valence-electron chi connectivity index (χ4n) is 1.60. The van der Waals surface area contributed by atoms with E-state index in [1.54, 1.807) is 19.1 Å². The van der Waals surface area contributed by atoms with Crippen molar-refractivity contribution in [1.82, 2.24) is 0 Å². The first-order valence-corrected chi connectivity index (χ1v) is 8.04. The standard InChI is InChI=1S/C12H16BrNO3S/c1-3-12(13,18(16,17)4-2)11(15)9-5-7-10(14)8-6-9/h5-8H,3-4,14H2,1-2H3. The van der Waals surface area contributed by atoms with Crippen molar-refractivity contribution in [3.63, 3.8) is 0 Å². The maximum absolute atomic E-state index is 12.3. The van der Waals surface area contributed by atoms with Crippen LogP contribution in [0.1, 0.15) is 30.6 Å². The fraction of sp³-hybridized carbons (Fsp3) is 0.417. The minimum absolute atomic E-state index is 0.0905. The van der Waals surface area contributed by atoms with Gasteiger partial charge in [-0.25, -0.2) is 8.42 Å². The number of rotatable bonds is 5. The van der Waals surface area contributed by atoms with Gasteiger partial charge in [0, 0.05) is 17.0 Å². The maximum Gasteiger partial charge on any atom is 0.194 e. The van der Waals surface area contributed by atoms with Crippen LogP contribution in [0.3, 0.4) is 0 Å². The molecule has 1 atom stereocenters. The lowest BCUT2D eigenvalue weighted by Gasteiger charge is -2.24. The van der Waals surface area contributed by atoms with E-state index in [1.807, 2.05) is 0 Å². The number of hydrogen-bond donors (Lipinski definition) is 1. The molecule has 0 fully saturated rings. The summed E-state index contributed by atoms with van der Waals surface area (Å²) in [6, 6.07) is 6.23. The van der Waals surface area contributed by atoms with E-state index in [4.69, 9.17) is 5.73 Å². The Bertz CT molecular complexity index is 539. The van der Waals surface area contributed by atoms with Crippen molar-refractivity contribution in [3.8, 4) is 0 Å². The summed E-state index contributed by atoms with van der Waals surface area (Å²) in [6.45, 7) is 3.19. The molecule has 0 saturated carbocycles. The molecular weight excluding hydrogens is 318 g/mol. The maximum atomic E-state index is 12.3. The molecular formula is C12H16BrNO3S. The van der Waals surface area contributed by atoms with E-state index in [1.165, 1.54) is 19.1 Å². The second-order valence-electron chi connectivity index (χ2n) is 3.94. The molecule has 1 rings (SSSR count). The molecule has 6 heteroatoms. The number of Topliss-reactive ketones (excluding diaryl/α,β-unsaturated/α-hetero) is 1. The average molecular weight is 334 g/mol. The monoisotopic (exact) mass is 333 g/mol. The Morgan fingerprint density at radius 3 is 2.17 bits per heavy atom.